The number of nitrogens with zero attached hydrogens (tertiary/aromatic N) is 1. The highest BCUT2D eigenvalue weighted by molar-refractivity contribution is 5.49. The molecular weight excluding hydrogens is 236 g/mol. The summed E-state index contributed by atoms with van der Waals surface area (Å²) < 4.78 is 5.66. The van der Waals surface area contributed by atoms with Crippen molar-refractivity contribution in [2.24, 2.45) is 0 Å². The fourth-order valence-electron chi connectivity index (χ4n) is 2.97. The summed E-state index contributed by atoms with van der Waals surface area (Å²) in [5, 5.41) is 3.43. The molecule has 1 aliphatic heterocycles. The molecule has 0 amide bonds. The largest absolute Gasteiger partial charge is 0.496 e. The summed E-state index contributed by atoms with van der Waals surface area (Å²) in [4.78, 5) is 2.44. The first-order valence-corrected chi connectivity index (χ1v) is 7.09. The minimum Gasteiger partial charge on any atom is -0.496 e. The van der Waals surface area contributed by atoms with Gasteiger partial charge in [-0.25, -0.2) is 0 Å². The van der Waals surface area contributed by atoms with Gasteiger partial charge in [0.05, 0.1) is 7.11 Å². The van der Waals surface area contributed by atoms with Gasteiger partial charge >= 0.3 is 0 Å². The van der Waals surface area contributed by atoms with Gasteiger partial charge in [-0.15, -0.1) is 0 Å². The SMILES string of the molecule is COc1c(C)c(C)cc(C)c1CN(C)C1CCNC1. The number of methoxy groups -OCH3 is 1. The molecule has 1 saturated heterocycles. The smallest absolute Gasteiger partial charge is 0.126 e. The van der Waals surface area contributed by atoms with Crippen LogP contribution in [0.3, 0.4) is 0 Å². The van der Waals surface area contributed by atoms with Crippen LogP contribution in [0.2, 0.25) is 0 Å². The first kappa shape index (κ1) is 14.4. The van der Waals surface area contributed by atoms with Crippen molar-refractivity contribution in [3.05, 3.63) is 28.3 Å². The van der Waals surface area contributed by atoms with Gasteiger partial charge in [0.2, 0.25) is 0 Å². The Labute approximate surface area is 116 Å². The van der Waals surface area contributed by atoms with E-state index in [-0.39, 0.29) is 0 Å². The van der Waals surface area contributed by atoms with Gasteiger partial charge in [0.15, 0.2) is 0 Å². The summed E-state index contributed by atoms with van der Waals surface area (Å²) >= 11 is 0. The highest BCUT2D eigenvalue weighted by atomic mass is 16.5. The van der Waals surface area contributed by atoms with E-state index in [1.54, 1.807) is 7.11 Å². The van der Waals surface area contributed by atoms with Crippen molar-refractivity contribution in [2.75, 3.05) is 27.2 Å². The van der Waals surface area contributed by atoms with Crippen molar-refractivity contribution in [3.63, 3.8) is 0 Å². The van der Waals surface area contributed by atoms with Crippen LogP contribution in [0.4, 0.5) is 0 Å². The van der Waals surface area contributed by atoms with E-state index >= 15 is 0 Å². The maximum Gasteiger partial charge on any atom is 0.126 e. The van der Waals surface area contributed by atoms with Gasteiger partial charge in [-0.1, -0.05) is 6.07 Å². The minimum absolute atomic E-state index is 0.644. The molecule has 0 aromatic heterocycles. The quantitative estimate of drug-likeness (QED) is 0.902. The lowest BCUT2D eigenvalue weighted by Gasteiger charge is -2.26. The van der Waals surface area contributed by atoms with Crippen LogP contribution in [0.1, 0.15) is 28.7 Å². The number of hydrogen-bond donors (Lipinski definition) is 1. The lowest BCUT2D eigenvalue weighted by Crippen LogP contribution is -2.33. The third-order valence-electron chi connectivity index (χ3n) is 4.38. The molecule has 3 heteroatoms. The van der Waals surface area contributed by atoms with Crippen molar-refractivity contribution in [1.82, 2.24) is 10.2 Å². The van der Waals surface area contributed by atoms with E-state index in [4.69, 9.17) is 4.74 Å². The molecule has 0 spiro atoms. The topological polar surface area (TPSA) is 24.5 Å². The standard InChI is InChI=1S/C16H26N2O/c1-11-8-12(2)15(16(19-5)13(11)3)10-18(4)14-6-7-17-9-14/h8,14,17H,6-7,9-10H2,1-5H3. The molecule has 1 aliphatic rings. The number of hydrogen-bond acceptors (Lipinski definition) is 3. The Morgan fingerprint density at radius 3 is 2.63 bits per heavy atom. The number of benzene rings is 1. The van der Waals surface area contributed by atoms with E-state index in [1.807, 2.05) is 0 Å². The van der Waals surface area contributed by atoms with Crippen molar-refractivity contribution in [3.8, 4) is 5.75 Å². The Bertz CT molecular complexity index is 451. The van der Waals surface area contributed by atoms with Gasteiger partial charge in [0.1, 0.15) is 5.75 Å². The number of rotatable bonds is 4. The summed E-state index contributed by atoms with van der Waals surface area (Å²) in [6.45, 7) is 9.68. The zero-order valence-corrected chi connectivity index (χ0v) is 12.8. The van der Waals surface area contributed by atoms with Gasteiger partial charge in [0.25, 0.3) is 0 Å². The van der Waals surface area contributed by atoms with Gasteiger partial charge in [-0.3, -0.25) is 4.90 Å². The molecule has 2 rings (SSSR count). The summed E-state index contributed by atoms with van der Waals surface area (Å²) in [5.41, 5.74) is 5.24. The molecule has 1 atom stereocenters. The van der Waals surface area contributed by atoms with Crippen LogP contribution in [0, 0.1) is 20.8 Å². The van der Waals surface area contributed by atoms with Crippen molar-refractivity contribution >= 4 is 0 Å². The zero-order valence-electron chi connectivity index (χ0n) is 12.8. The molecule has 106 valence electrons. The summed E-state index contributed by atoms with van der Waals surface area (Å²) in [6.07, 6.45) is 1.24. The normalized spacial score (nSPS) is 19.2. The molecule has 3 nitrogen and oxygen atoms in total. The molecule has 1 N–H and O–H groups in total. The number of likely N-dealkylation sites (N-methyl/N-ethyl adjacent to an activating group) is 1. The molecule has 19 heavy (non-hydrogen) atoms. The van der Waals surface area contributed by atoms with Crippen molar-refractivity contribution in [2.45, 2.75) is 39.8 Å². The third kappa shape index (κ3) is 2.93. The second-order valence-electron chi connectivity index (χ2n) is 5.71. The van der Waals surface area contributed by atoms with E-state index < -0.39 is 0 Å². The predicted molar refractivity (Wildman–Crippen MR) is 79.9 cm³/mol. The highest BCUT2D eigenvalue weighted by Crippen LogP contribution is 2.30. The van der Waals surface area contributed by atoms with Crippen LogP contribution >= 0.6 is 0 Å². The Hall–Kier alpha value is -1.06. The zero-order chi connectivity index (χ0) is 14.0. The molecule has 1 heterocycles. The van der Waals surface area contributed by atoms with Crippen LogP contribution in [0.15, 0.2) is 6.07 Å². The minimum atomic E-state index is 0.644. The summed E-state index contributed by atoms with van der Waals surface area (Å²) in [5.74, 6) is 1.07. The Morgan fingerprint density at radius 1 is 1.32 bits per heavy atom. The second-order valence-corrected chi connectivity index (χ2v) is 5.71. The molecule has 0 aliphatic carbocycles. The monoisotopic (exact) mass is 262 g/mol. The van der Waals surface area contributed by atoms with Crippen LogP contribution in [-0.4, -0.2) is 38.2 Å². The predicted octanol–water partition coefficient (Wildman–Crippen LogP) is 2.41. The molecule has 0 radical (unpaired) electrons. The maximum atomic E-state index is 5.66. The lowest BCUT2D eigenvalue weighted by molar-refractivity contribution is 0.244. The molecular formula is C16H26N2O. The first-order chi connectivity index (χ1) is 9.04. The average molecular weight is 262 g/mol. The molecule has 1 aromatic carbocycles. The van der Waals surface area contributed by atoms with E-state index in [2.05, 4.69) is 44.1 Å². The number of ether oxygens (including phenoxy) is 1. The van der Waals surface area contributed by atoms with Crippen LogP contribution in [-0.2, 0) is 6.54 Å². The van der Waals surface area contributed by atoms with Gasteiger partial charge in [0, 0.05) is 24.7 Å². The Kier molecular flexibility index (Phi) is 4.48. The van der Waals surface area contributed by atoms with Gasteiger partial charge in [-0.05, 0) is 57.5 Å². The van der Waals surface area contributed by atoms with E-state index in [1.165, 1.54) is 28.7 Å². The third-order valence-corrected chi connectivity index (χ3v) is 4.38. The number of nitrogens with one attached hydrogen (secondary N) is 1. The lowest BCUT2D eigenvalue weighted by atomic mass is 9.98. The maximum absolute atomic E-state index is 5.66. The first-order valence-electron chi connectivity index (χ1n) is 7.09. The summed E-state index contributed by atoms with van der Waals surface area (Å²) in [6, 6.07) is 2.92. The molecule has 1 aromatic rings. The molecule has 0 bridgehead atoms. The Balaban J connectivity index is 2.25. The summed E-state index contributed by atoms with van der Waals surface area (Å²) in [7, 11) is 3.99. The molecule has 0 saturated carbocycles. The van der Waals surface area contributed by atoms with E-state index in [0.29, 0.717) is 6.04 Å². The van der Waals surface area contributed by atoms with E-state index in [0.717, 1.165) is 25.4 Å². The van der Waals surface area contributed by atoms with Crippen molar-refractivity contribution < 1.29 is 4.74 Å². The number of aryl methyl sites for hydroxylation is 2. The van der Waals surface area contributed by atoms with Crippen LogP contribution in [0.5, 0.6) is 5.75 Å². The van der Waals surface area contributed by atoms with E-state index in [9.17, 15) is 0 Å². The molecule has 1 fully saturated rings. The van der Waals surface area contributed by atoms with Crippen LogP contribution < -0.4 is 10.1 Å². The van der Waals surface area contributed by atoms with Gasteiger partial charge < -0.3 is 10.1 Å². The van der Waals surface area contributed by atoms with Gasteiger partial charge in [-0.2, -0.15) is 0 Å². The fourth-order valence-corrected chi connectivity index (χ4v) is 2.97. The van der Waals surface area contributed by atoms with Crippen molar-refractivity contribution in [1.29, 1.82) is 0 Å². The average Bonchev–Trinajstić information content (AvgIpc) is 2.90. The second kappa shape index (κ2) is 5.93. The van der Waals surface area contributed by atoms with Crippen LogP contribution in [0.25, 0.3) is 0 Å². The Morgan fingerprint density at radius 2 is 2.05 bits per heavy atom. The highest BCUT2D eigenvalue weighted by Gasteiger charge is 2.21. The molecule has 1 unspecified atom stereocenters. The fraction of sp³-hybridized carbons (Fsp3) is 0.625.